The van der Waals surface area contributed by atoms with Crippen molar-refractivity contribution in [2.24, 2.45) is 16.7 Å². The zero-order valence-electron chi connectivity index (χ0n) is 7.29. The third kappa shape index (κ3) is 0.629. The van der Waals surface area contributed by atoms with E-state index in [9.17, 15) is 9.59 Å². The van der Waals surface area contributed by atoms with Gasteiger partial charge in [0.1, 0.15) is 0 Å². The Hall–Kier alpha value is -1.06. The molecule has 2 N–H and O–H groups in total. The Morgan fingerprint density at radius 1 is 1.08 bits per heavy atom. The maximum absolute atomic E-state index is 10.8. The summed E-state index contributed by atoms with van der Waals surface area (Å²) in [5.41, 5.74) is -2.20. The van der Waals surface area contributed by atoms with E-state index in [1.165, 1.54) is 13.8 Å². The van der Waals surface area contributed by atoms with E-state index >= 15 is 0 Å². The van der Waals surface area contributed by atoms with Gasteiger partial charge in [-0.3, -0.25) is 9.59 Å². The first kappa shape index (κ1) is 9.03. The second-order valence-electron chi connectivity index (χ2n) is 3.74. The predicted octanol–water partition coefficient (Wildman–Crippen LogP) is 0.818. The van der Waals surface area contributed by atoms with Crippen molar-refractivity contribution in [2.75, 3.05) is 0 Å². The highest BCUT2D eigenvalue weighted by Crippen LogP contribution is 2.68. The average molecular weight is 172 g/mol. The van der Waals surface area contributed by atoms with Gasteiger partial charge in [-0.2, -0.15) is 0 Å². The minimum absolute atomic E-state index is 0.306. The van der Waals surface area contributed by atoms with Crippen molar-refractivity contribution >= 4 is 11.9 Å². The van der Waals surface area contributed by atoms with Crippen LogP contribution >= 0.6 is 0 Å². The molecule has 0 saturated heterocycles. The van der Waals surface area contributed by atoms with E-state index in [0.717, 1.165) is 0 Å². The molecule has 0 spiro atoms. The Morgan fingerprint density at radius 3 is 1.42 bits per heavy atom. The number of rotatable bonds is 2. The Kier molecular flexibility index (Phi) is 1.50. The highest BCUT2D eigenvalue weighted by molar-refractivity contribution is 5.93. The van der Waals surface area contributed by atoms with Gasteiger partial charge < -0.3 is 10.2 Å². The van der Waals surface area contributed by atoms with Gasteiger partial charge in [0.2, 0.25) is 0 Å². The second-order valence-corrected chi connectivity index (χ2v) is 3.74. The summed E-state index contributed by atoms with van der Waals surface area (Å²) in [4.78, 5) is 21.5. The summed E-state index contributed by atoms with van der Waals surface area (Å²) in [6, 6.07) is 0. The summed E-state index contributed by atoms with van der Waals surface area (Å²) >= 11 is 0. The van der Waals surface area contributed by atoms with E-state index in [1.807, 2.05) is 0 Å². The van der Waals surface area contributed by atoms with Crippen molar-refractivity contribution in [2.45, 2.75) is 20.8 Å². The quantitative estimate of drug-likeness (QED) is 0.646. The lowest BCUT2D eigenvalue weighted by molar-refractivity contribution is -0.152. The van der Waals surface area contributed by atoms with Crippen molar-refractivity contribution < 1.29 is 19.8 Å². The third-order valence-corrected chi connectivity index (χ3v) is 3.62. The van der Waals surface area contributed by atoms with Crippen LogP contribution in [0.15, 0.2) is 0 Å². The summed E-state index contributed by atoms with van der Waals surface area (Å²) in [5.74, 6) is -2.36. The summed E-state index contributed by atoms with van der Waals surface area (Å²) in [5, 5.41) is 17.6. The molecule has 0 aromatic rings. The molecule has 12 heavy (non-hydrogen) atoms. The fourth-order valence-electron chi connectivity index (χ4n) is 1.87. The number of carboxylic acid groups (broad SMARTS) is 2. The maximum Gasteiger partial charge on any atom is 0.310 e. The number of carbonyl (C=O) groups is 2. The first-order valence-electron chi connectivity index (χ1n) is 3.76. The normalized spacial score (nSPS) is 45.4. The Bertz CT molecular complexity index is 234. The van der Waals surface area contributed by atoms with Crippen molar-refractivity contribution in [1.29, 1.82) is 0 Å². The number of hydrogen-bond donors (Lipinski definition) is 2. The molecule has 1 rings (SSSR count). The van der Waals surface area contributed by atoms with Crippen LogP contribution in [-0.2, 0) is 9.59 Å². The first-order chi connectivity index (χ1) is 5.29. The maximum atomic E-state index is 10.8. The predicted molar refractivity (Wildman–Crippen MR) is 40.6 cm³/mol. The Morgan fingerprint density at radius 2 is 1.33 bits per heavy atom. The second kappa shape index (κ2) is 2.00. The standard InChI is InChI=1S/C8H12O4/c1-4-7(2,5(9)10)8(4,3)6(11)12/h4H,1-3H3,(H,9,10)(H,11,12)/t4?,7-,8?/m0/s1. The van der Waals surface area contributed by atoms with Crippen molar-refractivity contribution in [3.05, 3.63) is 0 Å². The van der Waals surface area contributed by atoms with Crippen LogP contribution in [0.1, 0.15) is 20.8 Å². The number of carboxylic acids is 2. The molecule has 68 valence electrons. The molecule has 0 bridgehead atoms. The van der Waals surface area contributed by atoms with Crippen LogP contribution < -0.4 is 0 Å². The summed E-state index contributed by atoms with van der Waals surface area (Å²) in [6.45, 7) is 4.62. The van der Waals surface area contributed by atoms with Crippen LogP contribution in [-0.4, -0.2) is 22.2 Å². The SMILES string of the molecule is CC1C(C)(C(=O)O)[C@]1(C)C(=O)O. The molecular weight excluding hydrogens is 160 g/mol. The van der Waals surface area contributed by atoms with Crippen LogP contribution in [0.5, 0.6) is 0 Å². The van der Waals surface area contributed by atoms with Gasteiger partial charge in [-0.25, -0.2) is 0 Å². The van der Waals surface area contributed by atoms with Gasteiger partial charge in [-0.1, -0.05) is 6.92 Å². The molecule has 4 nitrogen and oxygen atoms in total. The molecular formula is C8H12O4. The van der Waals surface area contributed by atoms with E-state index in [4.69, 9.17) is 10.2 Å². The number of aliphatic carboxylic acids is 2. The van der Waals surface area contributed by atoms with Gasteiger partial charge in [0.05, 0.1) is 10.8 Å². The minimum atomic E-state index is -1.10. The molecule has 1 aliphatic carbocycles. The van der Waals surface area contributed by atoms with Gasteiger partial charge in [-0.05, 0) is 19.8 Å². The fraction of sp³-hybridized carbons (Fsp3) is 0.750. The monoisotopic (exact) mass is 172 g/mol. The molecule has 0 aliphatic heterocycles. The summed E-state index contributed by atoms with van der Waals surface area (Å²) < 4.78 is 0. The zero-order valence-corrected chi connectivity index (χ0v) is 7.29. The van der Waals surface area contributed by atoms with Gasteiger partial charge in [0, 0.05) is 0 Å². The average Bonchev–Trinajstić information content (AvgIpc) is 2.39. The highest BCUT2D eigenvalue weighted by Gasteiger charge is 2.77. The van der Waals surface area contributed by atoms with Crippen molar-refractivity contribution in [3.63, 3.8) is 0 Å². The van der Waals surface area contributed by atoms with Crippen LogP contribution in [0.2, 0.25) is 0 Å². The Labute approximate surface area is 70.2 Å². The molecule has 2 unspecified atom stereocenters. The zero-order chi connectivity index (χ0) is 9.73. The molecule has 0 aromatic heterocycles. The van der Waals surface area contributed by atoms with E-state index in [1.54, 1.807) is 6.92 Å². The molecule has 0 aromatic carbocycles. The third-order valence-electron chi connectivity index (χ3n) is 3.62. The molecule has 0 amide bonds. The van der Waals surface area contributed by atoms with E-state index in [-0.39, 0.29) is 5.92 Å². The Balaban J connectivity index is 3.03. The molecule has 0 radical (unpaired) electrons. The molecule has 1 aliphatic rings. The van der Waals surface area contributed by atoms with Crippen LogP contribution in [0.25, 0.3) is 0 Å². The van der Waals surface area contributed by atoms with Gasteiger partial charge in [-0.15, -0.1) is 0 Å². The topological polar surface area (TPSA) is 74.6 Å². The fourth-order valence-corrected chi connectivity index (χ4v) is 1.87. The van der Waals surface area contributed by atoms with Gasteiger partial charge in [0.25, 0.3) is 0 Å². The van der Waals surface area contributed by atoms with Crippen molar-refractivity contribution in [3.8, 4) is 0 Å². The minimum Gasteiger partial charge on any atom is -0.481 e. The van der Waals surface area contributed by atoms with Crippen LogP contribution in [0.3, 0.4) is 0 Å². The lowest BCUT2D eigenvalue weighted by atomic mass is 9.97. The molecule has 0 heterocycles. The largest absolute Gasteiger partial charge is 0.481 e. The number of hydrogen-bond acceptors (Lipinski definition) is 2. The molecule has 3 atom stereocenters. The lowest BCUT2D eigenvalue weighted by Gasteiger charge is -2.08. The smallest absolute Gasteiger partial charge is 0.310 e. The lowest BCUT2D eigenvalue weighted by Crippen LogP contribution is -2.24. The molecule has 1 saturated carbocycles. The van der Waals surface area contributed by atoms with E-state index in [2.05, 4.69) is 0 Å². The molecule has 1 fully saturated rings. The van der Waals surface area contributed by atoms with Crippen LogP contribution in [0, 0.1) is 16.7 Å². The van der Waals surface area contributed by atoms with E-state index < -0.39 is 22.8 Å². The van der Waals surface area contributed by atoms with Gasteiger partial charge >= 0.3 is 11.9 Å². The van der Waals surface area contributed by atoms with E-state index in [0.29, 0.717) is 0 Å². The summed E-state index contributed by atoms with van der Waals surface area (Å²) in [6.07, 6.45) is 0. The van der Waals surface area contributed by atoms with Crippen molar-refractivity contribution in [1.82, 2.24) is 0 Å². The molecule has 4 heteroatoms. The van der Waals surface area contributed by atoms with Gasteiger partial charge in [0.15, 0.2) is 0 Å². The highest BCUT2D eigenvalue weighted by atomic mass is 16.4. The first-order valence-corrected chi connectivity index (χ1v) is 3.76. The van der Waals surface area contributed by atoms with Crippen LogP contribution in [0.4, 0.5) is 0 Å². The summed E-state index contributed by atoms with van der Waals surface area (Å²) in [7, 11) is 0.